The van der Waals surface area contributed by atoms with E-state index in [1.165, 1.54) is 11.6 Å². The molecular weight excluding hydrogens is 268 g/mol. The number of hydrogen-bond acceptors (Lipinski definition) is 6. The van der Waals surface area contributed by atoms with E-state index < -0.39 is 10.8 Å². The SMILES string of the molecule is CCOC(=O)CCCNC(=O)c1nc([N+](=O)[O-])cn1C. The Morgan fingerprint density at radius 2 is 2.25 bits per heavy atom. The smallest absolute Gasteiger partial charge is 0.382 e. The van der Waals surface area contributed by atoms with Gasteiger partial charge in [-0.2, -0.15) is 0 Å². The van der Waals surface area contributed by atoms with Crippen LogP contribution in [0, 0.1) is 10.1 Å². The van der Waals surface area contributed by atoms with Gasteiger partial charge in [-0.05, 0) is 23.3 Å². The molecule has 0 spiro atoms. The molecule has 0 fully saturated rings. The number of nitrogens with one attached hydrogen (secondary N) is 1. The quantitative estimate of drug-likeness (QED) is 0.335. The molecule has 0 atom stereocenters. The Kier molecular flexibility index (Phi) is 5.63. The molecule has 20 heavy (non-hydrogen) atoms. The van der Waals surface area contributed by atoms with Crippen molar-refractivity contribution in [2.45, 2.75) is 19.8 Å². The maximum Gasteiger partial charge on any atom is 0.382 e. The zero-order valence-corrected chi connectivity index (χ0v) is 11.3. The van der Waals surface area contributed by atoms with Crippen molar-refractivity contribution in [3.05, 3.63) is 22.1 Å². The van der Waals surface area contributed by atoms with Crippen LogP contribution >= 0.6 is 0 Å². The maximum absolute atomic E-state index is 11.7. The molecule has 110 valence electrons. The molecule has 0 saturated carbocycles. The molecule has 0 aliphatic rings. The Labute approximate surface area is 115 Å². The summed E-state index contributed by atoms with van der Waals surface area (Å²) in [7, 11) is 1.49. The van der Waals surface area contributed by atoms with E-state index in [9.17, 15) is 19.7 Å². The minimum Gasteiger partial charge on any atom is -0.466 e. The van der Waals surface area contributed by atoms with E-state index in [2.05, 4.69) is 10.3 Å². The van der Waals surface area contributed by atoms with E-state index >= 15 is 0 Å². The standard InChI is InChI=1S/C11H16N4O5/c1-3-20-9(16)5-4-6-12-11(17)10-13-8(15(18)19)7-14(10)2/h7H,3-6H2,1-2H3,(H,12,17). The van der Waals surface area contributed by atoms with Crippen LogP contribution in [0.4, 0.5) is 5.82 Å². The predicted molar refractivity (Wildman–Crippen MR) is 68.1 cm³/mol. The van der Waals surface area contributed by atoms with Crippen molar-refractivity contribution >= 4 is 17.7 Å². The largest absolute Gasteiger partial charge is 0.466 e. The normalized spacial score (nSPS) is 10.1. The van der Waals surface area contributed by atoms with Gasteiger partial charge < -0.3 is 24.7 Å². The van der Waals surface area contributed by atoms with Crippen LogP contribution < -0.4 is 5.32 Å². The molecule has 0 saturated heterocycles. The van der Waals surface area contributed by atoms with Crippen molar-refractivity contribution < 1.29 is 19.2 Å². The van der Waals surface area contributed by atoms with Gasteiger partial charge in [0.05, 0.1) is 6.61 Å². The molecule has 0 radical (unpaired) electrons. The summed E-state index contributed by atoms with van der Waals surface area (Å²) in [5.74, 6) is -1.28. The summed E-state index contributed by atoms with van der Waals surface area (Å²) in [6.45, 7) is 2.30. The molecule has 0 unspecified atom stereocenters. The van der Waals surface area contributed by atoms with Gasteiger partial charge in [-0.3, -0.25) is 9.59 Å². The minimum absolute atomic E-state index is 0.0483. The van der Waals surface area contributed by atoms with E-state index in [1.807, 2.05) is 0 Å². The van der Waals surface area contributed by atoms with Crippen molar-refractivity contribution in [2.24, 2.45) is 7.05 Å². The number of hydrogen-bond donors (Lipinski definition) is 1. The number of carbonyl (C=O) groups is 2. The highest BCUT2D eigenvalue weighted by atomic mass is 16.6. The number of rotatable bonds is 7. The lowest BCUT2D eigenvalue weighted by molar-refractivity contribution is -0.389. The number of aromatic nitrogens is 2. The number of aryl methyl sites for hydroxylation is 1. The Balaban J connectivity index is 2.43. The van der Waals surface area contributed by atoms with Gasteiger partial charge in [0.15, 0.2) is 0 Å². The second-order valence-corrected chi connectivity index (χ2v) is 3.96. The van der Waals surface area contributed by atoms with E-state index in [-0.39, 0.29) is 30.6 Å². The van der Waals surface area contributed by atoms with Crippen LogP contribution in [-0.4, -0.2) is 39.5 Å². The van der Waals surface area contributed by atoms with Crippen LogP contribution in [0.1, 0.15) is 30.4 Å². The monoisotopic (exact) mass is 284 g/mol. The third-order valence-electron chi connectivity index (χ3n) is 2.40. The summed E-state index contributed by atoms with van der Waals surface area (Å²) in [6.07, 6.45) is 1.79. The summed E-state index contributed by atoms with van der Waals surface area (Å²) in [5.41, 5.74) is 0. The molecule has 0 aromatic carbocycles. The van der Waals surface area contributed by atoms with Crippen LogP contribution in [0.3, 0.4) is 0 Å². The Hall–Kier alpha value is -2.45. The number of amides is 1. The van der Waals surface area contributed by atoms with E-state index in [0.29, 0.717) is 13.0 Å². The molecule has 1 aromatic heterocycles. The van der Waals surface area contributed by atoms with Gasteiger partial charge in [0.1, 0.15) is 6.20 Å². The van der Waals surface area contributed by atoms with Crippen LogP contribution in [0.5, 0.6) is 0 Å². The average Bonchev–Trinajstić information content (AvgIpc) is 2.77. The number of ether oxygens (including phenoxy) is 1. The van der Waals surface area contributed by atoms with Gasteiger partial charge in [-0.15, -0.1) is 0 Å². The number of nitrogens with zero attached hydrogens (tertiary/aromatic N) is 3. The number of esters is 1. The number of nitro groups is 1. The average molecular weight is 284 g/mol. The molecule has 0 aliphatic heterocycles. The van der Waals surface area contributed by atoms with Crippen LogP contribution in [0.15, 0.2) is 6.20 Å². The lowest BCUT2D eigenvalue weighted by Crippen LogP contribution is -2.27. The fourth-order valence-corrected chi connectivity index (χ4v) is 1.50. The van der Waals surface area contributed by atoms with Crippen LogP contribution in [0.25, 0.3) is 0 Å². The molecule has 9 nitrogen and oxygen atoms in total. The zero-order valence-electron chi connectivity index (χ0n) is 11.3. The first-order valence-electron chi connectivity index (χ1n) is 6.07. The zero-order chi connectivity index (χ0) is 15.1. The fourth-order valence-electron chi connectivity index (χ4n) is 1.50. The molecule has 1 heterocycles. The second-order valence-electron chi connectivity index (χ2n) is 3.96. The number of imidazole rings is 1. The molecule has 1 aromatic rings. The van der Waals surface area contributed by atoms with Gasteiger partial charge in [-0.1, -0.05) is 0 Å². The summed E-state index contributed by atoms with van der Waals surface area (Å²) < 4.78 is 6.02. The van der Waals surface area contributed by atoms with Crippen molar-refractivity contribution in [3.8, 4) is 0 Å². The molecule has 1 rings (SSSR count). The highest BCUT2D eigenvalue weighted by molar-refractivity contribution is 5.91. The highest BCUT2D eigenvalue weighted by Gasteiger charge is 2.22. The Morgan fingerprint density at radius 1 is 1.55 bits per heavy atom. The number of carbonyl (C=O) groups excluding carboxylic acids is 2. The summed E-state index contributed by atoms with van der Waals surface area (Å²) >= 11 is 0. The topological polar surface area (TPSA) is 116 Å². The lowest BCUT2D eigenvalue weighted by Gasteiger charge is -2.03. The van der Waals surface area contributed by atoms with Crippen LogP contribution in [-0.2, 0) is 16.6 Å². The molecule has 9 heteroatoms. The molecular formula is C11H16N4O5. The van der Waals surface area contributed by atoms with Gasteiger partial charge in [0, 0.05) is 20.0 Å². The van der Waals surface area contributed by atoms with E-state index in [4.69, 9.17) is 4.74 Å². The minimum atomic E-state index is -0.669. The van der Waals surface area contributed by atoms with E-state index in [1.54, 1.807) is 6.92 Å². The fraction of sp³-hybridized carbons (Fsp3) is 0.545. The van der Waals surface area contributed by atoms with E-state index in [0.717, 1.165) is 6.20 Å². The van der Waals surface area contributed by atoms with Crippen molar-refractivity contribution in [1.82, 2.24) is 14.9 Å². The first-order chi connectivity index (χ1) is 9.45. The summed E-state index contributed by atoms with van der Waals surface area (Å²) in [5, 5.41) is 13.1. The van der Waals surface area contributed by atoms with Crippen LogP contribution in [0.2, 0.25) is 0 Å². The predicted octanol–water partition coefficient (Wildman–Crippen LogP) is 0.401. The Bertz CT molecular complexity index is 511. The maximum atomic E-state index is 11.7. The van der Waals surface area contributed by atoms with Crippen molar-refractivity contribution in [2.75, 3.05) is 13.2 Å². The van der Waals surface area contributed by atoms with Crippen molar-refractivity contribution in [1.29, 1.82) is 0 Å². The summed E-state index contributed by atoms with van der Waals surface area (Å²) in [4.78, 5) is 36.3. The first kappa shape index (κ1) is 15.6. The molecule has 0 bridgehead atoms. The lowest BCUT2D eigenvalue weighted by atomic mass is 10.3. The highest BCUT2D eigenvalue weighted by Crippen LogP contribution is 2.09. The summed E-state index contributed by atoms with van der Waals surface area (Å²) in [6, 6.07) is 0. The molecule has 0 aliphatic carbocycles. The molecule has 1 N–H and O–H groups in total. The molecule has 1 amide bonds. The van der Waals surface area contributed by atoms with Gasteiger partial charge in [0.2, 0.25) is 0 Å². The van der Waals surface area contributed by atoms with Gasteiger partial charge >= 0.3 is 23.5 Å². The Morgan fingerprint density at radius 3 is 2.80 bits per heavy atom. The van der Waals surface area contributed by atoms with Crippen molar-refractivity contribution in [3.63, 3.8) is 0 Å². The third kappa shape index (κ3) is 4.34. The van der Waals surface area contributed by atoms with Gasteiger partial charge in [0.25, 0.3) is 0 Å². The third-order valence-corrected chi connectivity index (χ3v) is 2.40. The second kappa shape index (κ2) is 7.22. The van der Waals surface area contributed by atoms with Gasteiger partial charge in [-0.25, -0.2) is 0 Å². The first-order valence-corrected chi connectivity index (χ1v) is 6.07.